The molecule has 0 saturated carbocycles. The first-order valence-corrected chi connectivity index (χ1v) is 20.5. The molecule has 0 aliphatic rings. The molecule has 0 unspecified atom stereocenters. The van der Waals surface area contributed by atoms with Gasteiger partial charge < -0.3 is 19.1 Å². The standard InChI is InChI=1S/C13H18O2.C11H19NO4.C11H12O2.C9H13NO4.2C2H6/c1-5-13(3,4)11-6-8-12(9-7-11)15-10(2)14;1-6-11(4,5)7-10(15)16-12(8(2)13)9(3)14;1-8(2)10-4-6-11(7-5-10)13-9(3)12;1-6(2)5-9(13)14-10(7(3)11)8(4)12;2*1-2/h6-9H,5H2,1-4H3;6-7H2,1-5H3;4-7H,1H2,2-3H3;1,5H2,2-4H3;2*1-2H3. The smallest absolute Gasteiger partial charge is 0.337 e. The maximum atomic E-state index is 11.5. The van der Waals surface area contributed by atoms with Gasteiger partial charge in [0.05, 0.1) is 12.8 Å². The summed E-state index contributed by atoms with van der Waals surface area (Å²) >= 11 is 0. The van der Waals surface area contributed by atoms with Crippen LogP contribution in [0.25, 0.3) is 5.57 Å². The number of carbonyl (C=O) groups excluding carboxylic acids is 8. The highest BCUT2D eigenvalue weighted by Crippen LogP contribution is 2.28. The molecule has 0 atom stereocenters. The van der Waals surface area contributed by atoms with Gasteiger partial charge in [0, 0.05) is 41.5 Å². The number of hydrogen-bond acceptors (Lipinski definition) is 12. The minimum atomic E-state index is -0.678. The molecule has 14 heteroatoms. The Morgan fingerprint density at radius 1 is 0.532 bits per heavy atom. The van der Waals surface area contributed by atoms with Gasteiger partial charge in [-0.3, -0.25) is 28.8 Å². The molecular weight excluding hydrogens is 797 g/mol. The van der Waals surface area contributed by atoms with Crippen LogP contribution in [0, 0.1) is 5.41 Å². The van der Waals surface area contributed by atoms with Gasteiger partial charge in [-0.25, -0.2) is 9.59 Å². The predicted molar refractivity (Wildman–Crippen MR) is 243 cm³/mol. The van der Waals surface area contributed by atoms with E-state index in [9.17, 15) is 38.4 Å². The lowest BCUT2D eigenvalue weighted by Gasteiger charge is -2.23. The van der Waals surface area contributed by atoms with Crippen molar-refractivity contribution < 1.29 is 57.5 Å². The van der Waals surface area contributed by atoms with Crippen LogP contribution < -0.4 is 9.47 Å². The number of imide groups is 2. The molecule has 14 nitrogen and oxygen atoms in total. The van der Waals surface area contributed by atoms with Crippen LogP contribution in [0.4, 0.5) is 0 Å². The molecule has 0 N–H and O–H groups in total. The van der Waals surface area contributed by atoms with Crippen molar-refractivity contribution >= 4 is 53.1 Å². The number of benzene rings is 2. The minimum absolute atomic E-state index is 0.0168. The molecule has 0 aromatic heterocycles. The fourth-order valence-corrected chi connectivity index (χ4v) is 4.05. The van der Waals surface area contributed by atoms with Gasteiger partial charge in [0.15, 0.2) is 0 Å². The number of amides is 4. The van der Waals surface area contributed by atoms with Gasteiger partial charge >= 0.3 is 23.9 Å². The first kappa shape index (κ1) is 62.7. The second-order valence-corrected chi connectivity index (χ2v) is 14.7. The average molecular weight is 871 g/mol. The van der Waals surface area contributed by atoms with Crippen LogP contribution in [0.3, 0.4) is 0 Å². The lowest BCUT2D eigenvalue weighted by atomic mass is 9.82. The molecule has 348 valence electrons. The zero-order chi connectivity index (χ0) is 49.6. The molecule has 4 amide bonds. The van der Waals surface area contributed by atoms with Crippen LogP contribution in [0.15, 0.2) is 67.3 Å². The summed E-state index contributed by atoms with van der Waals surface area (Å²) in [7, 11) is 0. The molecule has 0 spiro atoms. The molecule has 0 aliphatic carbocycles. The average Bonchev–Trinajstić information content (AvgIpc) is 3.17. The zero-order valence-corrected chi connectivity index (χ0v) is 40.7. The summed E-state index contributed by atoms with van der Waals surface area (Å²) in [4.78, 5) is 96.7. The largest absolute Gasteiger partial charge is 0.427 e. The Morgan fingerprint density at radius 3 is 1.15 bits per heavy atom. The lowest BCUT2D eigenvalue weighted by molar-refractivity contribution is -0.202. The van der Waals surface area contributed by atoms with E-state index in [1.807, 2.05) is 91.8 Å². The van der Waals surface area contributed by atoms with Gasteiger partial charge in [-0.15, -0.1) is 10.1 Å². The van der Waals surface area contributed by atoms with Crippen LogP contribution in [-0.2, 0) is 53.4 Å². The molecular formula is C48H74N2O12. The zero-order valence-electron chi connectivity index (χ0n) is 40.7. The van der Waals surface area contributed by atoms with Crippen LogP contribution in [0.1, 0.15) is 161 Å². The Morgan fingerprint density at radius 2 is 0.871 bits per heavy atom. The van der Waals surface area contributed by atoms with E-state index in [1.165, 1.54) is 33.3 Å². The number of hydrogen-bond donors (Lipinski definition) is 0. The van der Waals surface area contributed by atoms with E-state index < -0.39 is 35.6 Å². The Balaban J connectivity index is -0.000000352. The maximum absolute atomic E-state index is 11.5. The second-order valence-electron chi connectivity index (χ2n) is 14.7. The Kier molecular flexibility index (Phi) is 33.2. The fourth-order valence-electron chi connectivity index (χ4n) is 4.05. The van der Waals surface area contributed by atoms with Gasteiger partial charge in [-0.1, -0.05) is 124 Å². The minimum Gasteiger partial charge on any atom is -0.427 e. The predicted octanol–water partition coefficient (Wildman–Crippen LogP) is 10.5. The van der Waals surface area contributed by atoms with Crippen LogP contribution >= 0.6 is 0 Å². The first-order chi connectivity index (χ1) is 28.6. The number of hydroxylamine groups is 4. The van der Waals surface area contributed by atoms with Gasteiger partial charge in [0.2, 0.25) is 0 Å². The van der Waals surface area contributed by atoms with Gasteiger partial charge in [-0.2, -0.15) is 0 Å². The topological polar surface area (TPSA) is 180 Å². The second kappa shape index (κ2) is 32.8. The third kappa shape index (κ3) is 30.2. The van der Waals surface area contributed by atoms with Gasteiger partial charge in [0.1, 0.15) is 11.5 Å². The summed E-state index contributed by atoms with van der Waals surface area (Å²) < 4.78 is 9.86. The SMILES string of the molecule is C=C(C)CC(=O)ON(C(C)=O)C(C)=O.C=C(C)c1ccc(OC(C)=O)cc1.CC.CC.CCC(C)(C)CC(=O)ON(C(C)=O)C(C)=O.CCC(C)(C)c1ccc(OC(C)=O)cc1. The van der Waals surface area contributed by atoms with E-state index in [-0.39, 0.29) is 35.6 Å². The highest BCUT2D eigenvalue weighted by atomic mass is 16.7. The van der Waals surface area contributed by atoms with Crippen molar-refractivity contribution in [1.29, 1.82) is 0 Å². The van der Waals surface area contributed by atoms with Crippen LogP contribution in [-0.4, -0.2) is 57.6 Å². The van der Waals surface area contributed by atoms with Crippen molar-refractivity contribution in [3.8, 4) is 11.5 Å². The van der Waals surface area contributed by atoms with E-state index in [0.29, 0.717) is 27.2 Å². The Labute approximate surface area is 370 Å². The monoisotopic (exact) mass is 871 g/mol. The van der Waals surface area contributed by atoms with E-state index in [0.717, 1.165) is 37.8 Å². The first-order valence-electron chi connectivity index (χ1n) is 20.5. The highest BCUT2D eigenvalue weighted by molar-refractivity contribution is 5.93. The summed E-state index contributed by atoms with van der Waals surface area (Å²) in [6.07, 6.45) is 2.04. The van der Waals surface area contributed by atoms with Crippen molar-refractivity contribution in [2.45, 2.75) is 156 Å². The number of allylic oxidation sites excluding steroid dienone is 1. The third-order valence-corrected chi connectivity index (χ3v) is 7.95. The van der Waals surface area contributed by atoms with Gasteiger partial charge in [0.25, 0.3) is 23.6 Å². The number of nitrogens with zero attached hydrogens (tertiary/aromatic N) is 2. The van der Waals surface area contributed by atoms with E-state index in [2.05, 4.69) is 38.8 Å². The fraction of sp³-hybridized carbons (Fsp3) is 0.500. The normalized spacial score (nSPS) is 9.71. The number of ether oxygens (including phenoxy) is 2. The molecule has 0 aliphatic heterocycles. The molecule has 2 rings (SSSR count). The van der Waals surface area contributed by atoms with Crippen molar-refractivity contribution in [3.63, 3.8) is 0 Å². The summed E-state index contributed by atoms with van der Waals surface area (Å²) in [5.74, 6) is -3.12. The summed E-state index contributed by atoms with van der Waals surface area (Å²) in [6, 6.07) is 15.0. The maximum Gasteiger partial charge on any atom is 0.337 e. The molecule has 0 saturated heterocycles. The number of rotatable bonds is 10. The molecule has 2 aromatic rings. The molecule has 0 radical (unpaired) electrons. The van der Waals surface area contributed by atoms with Crippen molar-refractivity contribution in [2.24, 2.45) is 5.41 Å². The molecule has 62 heavy (non-hydrogen) atoms. The van der Waals surface area contributed by atoms with Crippen molar-refractivity contribution in [2.75, 3.05) is 0 Å². The molecule has 2 aromatic carbocycles. The van der Waals surface area contributed by atoms with E-state index in [4.69, 9.17) is 14.3 Å². The van der Waals surface area contributed by atoms with Crippen molar-refractivity contribution in [3.05, 3.63) is 78.4 Å². The van der Waals surface area contributed by atoms with Crippen LogP contribution in [0.5, 0.6) is 11.5 Å². The van der Waals surface area contributed by atoms with E-state index in [1.54, 1.807) is 19.1 Å². The number of esters is 2. The molecule has 0 fully saturated rings. The van der Waals surface area contributed by atoms with Crippen molar-refractivity contribution in [1.82, 2.24) is 10.1 Å². The number of carbonyl (C=O) groups is 8. The summed E-state index contributed by atoms with van der Waals surface area (Å²) in [5, 5.41) is 0.902. The third-order valence-electron chi connectivity index (χ3n) is 7.95. The Bertz CT molecular complexity index is 1730. The molecule has 0 heterocycles. The Hall–Kier alpha value is -5.92. The van der Waals surface area contributed by atoms with Crippen LogP contribution in [0.2, 0.25) is 0 Å². The lowest BCUT2D eigenvalue weighted by Crippen LogP contribution is -2.36. The highest BCUT2D eigenvalue weighted by Gasteiger charge is 2.25. The van der Waals surface area contributed by atoms with Gasteiger partial charge in [-0.05, 0) is 66.5 Å². The quantitative estimate of drug-likeness (QED) is 0.0955. The molecule has 0 bridgehead atoms. The summed E-state index contributed by atoms with van der Waals surface area (Å²) in [5.41, 5.74) is 3.89. The van der Waals surface area contributed by atoms with E-state index >= 15 is 0 Å². The summed E-state index contributed by atoms with van der Waals surface area (Å²) in [6.45, 7) is 38.6.